The number of benzene rings is 1. The Kier molecular flexibility index (Phi) is 4.52. The minimum absolute atomic E-state index is 0.00988. The number of fused-ring (bicyclic) bond motifs is 1. The van der Waals surface area contributed by atoms with Crippen molar-refractivity contribution in [2.75, 3.05) is 6.61 Å². The molecule has 5 nitrogen and oxygen atoms in total. The van der Waals surface area contributed by atoms with Gasteiger partial charge in [-0.05, 0) is 25.0 Å². The number of hydrogen-bond donors (Lipinski definition) is 2. The van der Waals surface area contributed by atoms with Crippen LogP contribution in [-0.4, -0.2) is 28.8 Å². The molecule has 0 bridgehead atoms. The molecule has 0 spiro atoms. The minimum atomic E-state index is -0.0978. The van der Waals surface area contributed by atoms with Gasteiger partial charge in [0.25, 0.3) is 0 Å². The SMILES string of the molecule is CCC(CCO)NC(=O)Cc1noc2ccccc12. The average molecular weight is 262 g/mol. The first-order chi connectivity index (χ1) is 9.24. The Morgan fingerprint density at radius 1 is 1.47 bits per heavy atom. The number of aliphatic hydroxyl groups is 1. The fourth-order valence-corrected chi connectivity index (χ4v) is 2.03. The summed E-state index contributed by atoms with van der Waals surface area (Å²) in [4.78, 5) is 11.9. The molecular weight excluding hydrogens is 244 g/mol. The van der Waals surface area contributed by atoms with Crippen LogP contribution >= 0.6 is 0 Å². The van der Waals surface area contributed by atoms with Crippen molar-refractivity contribution in [2.24, 2.45) is 0 Å². The molecule has 1 aromatic carbocycles. The third kappa shape index (κ3) is 3.32. The van der Waals surface area contributed by atoms with Gasteiger partial charge in [0.15, 0.2) is 5.58 Å². The number of nitrogens with one attached hydrogen (secondary N) is 1. The van der Waals surface area contributed by atoms with Gasteiger partial charge in [-0.2, -0.15) is 0 Å². The van der Waals surface area contributed by atoms with Crippen LogP contribution in [0.3, 0.4) is 0 Å². The van der Waals surface area contributed by atoms with Crippen LogP contribution in [0.1, 0.15) is 25.5 Å². The molecular formula is C14H18N2O3. The zero-order valence-electron chi connectivity index (χ0n) is 10.9. The number of aromatic nitrogens is 1. The first-order valence-electron chi connectivity index (χ1n) is 6.48. The van der Waals surface area contributed by atoms with Crippen LogP contribution in [0, 0.1) is 0 Å². The molecule has 0 aliphatic heterocycles. The normalized spacial score (nSPS) is 12.5. The Hall–Kier alpha value is -1.88. The van der Waals surface area contributed by atoms with E-state index in [-0.39, 0.29) is 25.0 Å². The van der Waals surface area contributed by atoms with Crippen molar-refractivity contribution in [2.45, 2.75) is 32.2 Å². The number of carbonyl (C=O) groups is 1. The zero-order chi connectivity index (χ0) is 13.7. The summed E-state index contributed by atoms with van der Waals surface area (Å²) >= 11 is 0. The van der Waals surface area contributed by atoms with Gasteiger partial charge in [0.1, 0.15) is 5.69 Å². The van der Waals surface area contributed by atoms with Crippen LogP contribution in [0.2, 0.25) is 0 Å². The van der Waals surface area contributed by atoms with E-state index in [0.29, 0.717) is 17.7 Å². The van der Waals surface area contributed by atoms with Gasteiger partial charge in [-0.1, -0.05) is 24.2 Å². The standard InChI is InChI=1S/C14H18N2O3/c1-2-10(7-8-17)15-14(18)9-12-11-5-3-4-6-13(11)19-16-12/h3-6,10,17H,2,7-9H2,1H3,(H,15,18). The van der Waals surface area contributed by atoms with Gasteiger partial charge >= 0.3 is 0 Å². The monoisotopic (exact) mass is 262 g/mol. The van der Waals surface area contributed by atoms with Crippen LogP contribution < -0.4 is 5.32 Å². The van der Waals surface area contributed by atoms with Crippen molar-refractivity contribution < 1.29 is 14.4 Å². The Morgan fingerprint density at radius 3 is 3.00 bits per heavy atom. The smallest absolute Gasteiger partial charge is 0.226 e. The maximum absolute atomic E-state index is 11.9. The van der Waals surface area contributed by atoms with Crippen molar-refractivity contribution in [1.82, 2.24) is 10.5 Å². The number of aliphatic hydroxyl groups excluding tert-OH is 1. The lowest BCUT2D eigenvalue weighted by Crippen LogP contribution is -2.36. The van der Waals surface area contributed by atoms with E-state index in [9.17, 15) is 4.79 Å². The lowest BCUT2D eigenvalue weighted by atomic mass is 10.1. The summed E-state index contributed by atoms with van der Waals surface area (Å²) in [7, 11) is 0. The molecule has 19 heavy (non-hydrogen) atoms. The van der Waals surface area contributed by atoms with Crippen molar-refractivity contribution in [1.29, 1.82) is 0 Å². The first-order valence-corrected chi connectivity index (χ1v) is 6.48. The molecule has 0 fully saturated rings. The van der Waals surface area contributed by atoms with Gasteiger partial charge in [-0.3, -0.25) is 4.79 Å². The van der Waals surface area contributed by atoms with E-state index in [1.165, 1.54) is 0 Å². The highest BCUT2D eigenvalue weighted by Crippen LogP contribution is 2.18. The molecule has 102 valence electrons. The van der Waals surface area contributed by atoms with Crippen LogP contribution in [0.25, 0.3) is 11.0 Å². The lowest BCUT2D eigenvalue weighted by Gasteiger charge is -2.15. The molecule has 2 rings (SSSR count). The summed E-state index contributed by atoms with van der Waals surface area (Å²) in [6.45, 7) is 2.05. The fourth-order valence-electron chi connectivity index (χ4n) is 2.03. The van der Waals surface area contributed by atoms with Crippen LogP contribution in [-0.2, 0) is 11.2 Å². The van der Waals surface area contributed by atoms with Crippen molar-refractivity contribution >= 4 is 16.9 Å². The number of carbonyl (C=O) groups excluding carboxylic acids is 1. The predicted octanol–water partition coefficient (Wildman–Crippen LogP) is 1.65. The van der Waals surface area contributed by atoms with E-state index in [1.54, 1.807) is 0 Å². The third-order valence-corrected chi connectivity index (χ3v) is 3.12. The van der Waals surface area contributed by atoms with Gasteiger partial charge < -0.3 is 14.9 Å². The molecule has 1 amide bonds. The second kappa shape index (κ2) is 6.33. The van der Waals surface area contributed by atoms with E-state index in [1.807, 2.05) is 31.2 Å². The molecule has 2 aromatic rings. The summed E-state index contributed by atoms with van der Waals surface area (Å²) in [6, 6.07) is 7.48. The minimum Gasteiger partial charge on any atom is -0.396 e. The maximum Gasteiger partial charge on any atom is 0.226 e. The Balaban J connectivity index is 2.02. The van der Waals surface area contributed by atoms with E-state index in [4.69, 9.17) is 9.63 Å². The fraction of sp³-hybridized carbons (Fsp3) is 0.429. The summed E-state index contributed by atoms with van der Waals surface area (Å²) in [5.41, 5.74) is 1.33. The molecule has 0 saturated carbocycles. The quantitative estimate of drug-likeness (QED) is 0.830. The summed E-state index contributed by atoms with van der Waals surface area (Å²) < 4.78 is 5.16. The number of hydrogen-bond acceptors (Lipinski definition) is 4. The molecule has 2 N–H and O–H groups in total. The van der Waals surface area contributed by atoms with Crippen LogP contribution in [0.15, 0.2) is 28.8 Å². The first kappa shape index (κ1) is 13.5. The second-order valence-corrected chi connectivity index (χ2v) is 4.49. The lowest BCUT2D eigenvalue weighted by molar-refractivity contribution is -0.121. The molecule has 0 aliphatic rings. The second-order valence-electron chi connectivity index (χ2n) is 4.49. The Labute approximate surface area is 111 Å². The number of nitrogens with zero attached hydrogens (tertiary/aromatic N) is 1. The maximum atomic E-state index is 11.9. The van der Waals surface area contributed by atoms with Gasteiger partial charge in [0.2, 0.25) is 5.91 Å². The van der Waals surface area contributed by atoms with E-state index < -0.39 is 0 Å². The Bertz CT molecular complexity index is 550. The molecule has 5 heteroatoms. The van der Waals surface area contributed by atoms with Gasteiger partial charge in [0.05, 0.1) is 6.42 Å². The Morgan fingerprint density at radius 2 is 2.26 bits per heavy atom. The largest absolute Gasteiger partial charge is 0.396 e. The van der Waals surface area contributed by atoms with E-state index in [2.05, 4.69) is 10.5 Å². The highest BCUT2D eigenvalue weighted by atomic mass is 16.5. The zero-order valence-corrected chi connectivity index (χ0v) is 10.9. The molecule has 1 unspecified atom stereocenters. The topological polar surface area (TPSA) is 75.4 Å². The molecule has 1 heterocycles. The number of amides is 1. The average Bonchev–Trinajstić information content (AvgIpc) is 2.82. The third-order valence-electron chi connectivity index (χ3n) is 3.12. The molecule has 1 atom stereocenters. The highest BCUT2D eigenvalue weighted by Gasteiger charge is 2.14. The van der Waals surface area contributed by atoms with E-state index in [0.717, 1.165) is 11.8 Å². The van der Waals surface area contributed by atoms with E-state index >= 15 is 0 Å². The van der Waals surface area contributed by atoms with Crippen LogP contribution in [0.4, 0.5) is 0 Å². The summed E-state index contributed by atoms with van der Waals surface area (Å²) in [5.74, 6) is -0.0978. The summed E-state index contributed by atoms with van der Waals surface area (Å²) in [5, 5.41) is 16.6. The van der Waals surface area contributed by atoms with Crippen molar-refractivity contribution in [3.63, 3.8) is 0 Å². The van der Waals surface area contributed by atoms with Crippen molar-refractivity contribution in [3.05, 3.63) is 30.0 Å². The molecule has 0 radical (unpaired) electrons. The van der Waals surface area contributed by atoms with Gasteiger partial charge in [0, 0.05) is 18.0 Å². The molecule has 0 saturated heterocycles. The number of rotatable bonds is 6. The number of para-hydroxylation sites is 1. The molecule has 1 aromatic heterocycles. The van der Waals surface area contributed by atoms with Crippen molar-refractivity contribution in [3.8, 4) is 0 Å². The molecule has 0 aliphatic carbocycles. The summed E-state index contributed by atoms with van der Waals surface area (Å²) in [6.07, 6.45) is 1.56. The van der Waals surface area contributed by atoms with Gasteiger partial charge in [-0.15, -0.1) is 0 Å². The van der Waals surface area contributed by atoms with Gasteiger partial charge in [-0.25, -0.2) is 0 Å². The van der Waals surface area contributed by atoms with Crippen LogP contribution in [0.5, 0.6) is 0 Å². The highest BCUT2D eigenvalue weighted by molar-refractivity contribution is 5.86. The predicted molar refractivity (Wildman–Crippen MR) is 71.6 cm³/mol.